The predicted molar refractivity (Wildman–Crippen MR) is 129 cm³/mol. The van der Waals surface area contributed by atoms with Gasteiger partial charge in [-0.2, -0.15) is 5.26 Å². The topological polar surface area (TPSA) is 85.2 Å². The monoisotopic (exact) mass is 444 g/mol. The molecule has 1 saturated heterocycles. The van der Waals surface area contributed by atoms with Gasteiger partial charge in [-0.05, 0) is 80.7 Å². The number of amides is 2. The largest absolute Gasteiger partial charge is 0.353 e. The summed E-state index contributed by atoms with van der Waals surface area (Å²) in [6, 6.07) is 16.9. The van der Waals surface area contributed by atoms with Gasteiger partial charge < -0.3 is 10.6 Å². The maximum atomic E-state index is 12.6. The molecule has 2 aliphatic rings. The number of nitriles is 1. The lowest BCUT2D eigenvalue weighted by molar-refractivity contribution is -0.127. The van der Waals surface area contributed by atoms with E-state index in [0.717, 1.165) is 56.6 Å². The molecule has 0 bridgehead atoms. The smallest absolute Gasteiger partial charge is 0.255 e. The first kappa shape index (κ1) is 23.0. The number of likely N-dealkylation sites (tertiary alicyclic amines) is 1. The Morgan fingerprint density at radius 2 is 1.70 bits per heavy atom. The number of carbonyl (C=O) groups is 2. The molecule has 1 aliphatic carbocycles. The molecule has 1 saturated carbocycles. The predicted octanol–water partition coefficient (Wildman–Crippen LogP) is 4.47. The van der Waals surface area contributed by atoms with Crippen LogP contribution in [0.15, 0.2) is 48.5 Å². The maximum Gasteiger partial charge on any atom is 0.255 e. The highest BCUT2D eigenvalue weighted by molar-refractivity contribution is 6.04. The van der Waals surface area contributed by atoms with Crippen molar-refractivity contribution < 1.29 is 9.59 Å². The second-order valence-corrected chi connectivity index (χ2v) is 9.24. The van der Waals surface area contributed by atoms with E-state index in [2.05, 4.69) is 27.7 Å². The molecule has 0 atom stereocenters. The lowest BCUT2D eigenvalue weighted by atomic mass is 9.92. The molecule has 33 heavy (non-hydrogen) atoms. The Kier molecular flexibility index (Phi) is 7.74. The van der Waals surface area contributed by atoms with Gasteiger partial charge in [0.25, 0.3) is 5.91 Å². The summed E-state index contributed by atoms with van der Waals surface area (Å²) in [7, 11) is 0. The van der Waals surface area contributed by atoms with Crippen LogP contribution in [0.2, 0.25) is 0 Å². The van der Waals surface area contributed by atoms with Crippen molar-refractivity contribution in [1.29, 1.82) is 5.26 Å². The highest BCUT2D eigenvalue weighted by atomic mass is 16.2. The van der Waals surface area contributed by atoms with Gasteiger partial charge in [-0.1, -0.05) is 31.4 Å². The number of carbonyl (C=O) groups excluding carboxylic acids is 2. The zero-order valence-corrected chi connectivity index (χ0v) is 19.1. The van der Waals surface area contributed by atoms with Crippen LogP contribution in [0.1, 0.15) is 66.4 Å². The summed E-state index contributed by atoms with van der Waals surface area (Å²) in [4.78, 5) is 27.5. The number of anilines is 1. The van der Waals surface area contributed by atoms with Crippen LogP contribution >= 0.6 is 0 Å². The Balaban J connectivity index is 1.26. The molecule has 1 heterocycles. The van der Waals surface area contributed by atoms with Crippen LogP contribution in [0.25, 0.3) is 0 Å². The van der Waals surface area contributed by atoms with Gasteiger partial charge in [-0.15, -0.1) is 0 Å². The zero-order valence-electron chi connectivity index (χ0n) is 19.1. The van der Waals surface area contributed by atoms with E-state index in [0.29, 0.717) is 17.2 Å². The fourth-order valence-electron chi connectivity index (χ4n) is 4.82. The molecule has 172 valence electrons. The number of nitrogens with zero attached hydrogens (tertiary/aromatic N) is 2. The Morgan fingerprint density at radius 3 is 2.39 bits per heavy atom. The second-order valence-electron chi connectivity index (χ2n) is 9.24. The number of hydrogen-bond donors (Lipinski definition) is 2. The number of nitrogens with one attached hydrogen (secondary N) is 2. The van der Waals surface area contributed by atoms with Crippen molar-refractivity contribution in [3.63, 3.8) is 0 Å². The number of benzene rings is 2. The molecule has 2 amide bonds. The molecule has 1 aliphatic heterocycles. The van der Waals surface area contributed by atoms with Gasteiger partial charge >= 0.3 is 0 Å². The molecule has 4 rings (SSSR count). The van der Waals surface area contributed by atoms with Gasteiger partial charge in [-0.25, -0.2) is 0 Å². The first-order valence-electron chi connectivity index (χ1n) is 12.0. The maximum absolute atomic E-state index is 12.6. The molecule has 0 spiro atoms. The molecule has 2 aromatic rings. The van der Waals surface area contributed by atoms with Gasteiger partial charge in [-0.3, -0.25) is 14.5 Å². The molecular weight excluding hydrogens is 412 g/mol. The van der Waals surface area contributed by atoms with Gasteiger partial charge in [0.05, 0.1) is 11.6 Å². The molecule has 6 heteroatoms. The van der Waals surface area contributed by atoms with Crippen LogP contribution in [0.4, 0.5) is 5.69 Å². The van der Waals surface area contributed by atoms with Crippen LogP contribution < -0.4 is 10.6 Å². The minimum Gasteiger partial charge on any atom is -0.353 e. The SMILES string of the molecule is N#Cc1ccc(C(=O)Nc2cccc(CN3CCC(C(=O)NC4CCCCC4)CC3)c2)cc1. The fourth-order valence-corrected chi connectivity index (χ4v) is 4.82. The van der Waals surface area contributed by atoms with Gasteiger partial charge in [0, 0.05) is 29.8 Å². The highest BCUT2D eigenvalue weighted by Crippen LogP contribution is 2.23. The number of hydrogen-bond acceptors (Lipinski definition) is 4. The van der Waals surface area contributed by atoms with Crippen molar-refractivity contribution in [2.45, 2.75) is 57.5 Å². The summed E-state index contributed by atoms with van der Waals surface area (Å²) >= 11 is 0. The standard InChI is InChI=1S/C27H32N4O2/c28-18-20-9-11-22(12-10-20)26(32)30-25-8-4-5-21(17-25)19-31-15-13-23(14-16-31)27(33)29-24-6-2-1-3-7-24/h4-5,8-12,17,23-24H,1-3,6-7,13-16,19H2,(H,29,33)(H,30,32). The third-order valence-electron chi connectivity index (χ3n) is 6.78. The highest BCUT2D eigenvalue weighted by Gasteiger charge is 2.27. The van der Waals surface area contributed by atoms with Crippen LogP contribution in [0.5, 0.6) is 0 Å². The van der Waals surface area contributed by atoms with Crippen molar-refractivity contribution in [3.05, 3.63) is 65.2 Å². The fraction of sp³-hybridized carbons (Fsp3) is 0.444. The minimum absolute atomic E-state index is 0.126. The summed E-state index contributed by atoms with van der Waals surface area (Å²) in [6.07, 6.45) is 7.81. The van der Waals surface area contributed by atoms with Crippen molar-refractivity contribution in [2.75, 3.05) is 18.4 Å². The molecular formula is C27H32N4O2. The quantitative estimate of drug-likeness (QED) is 0.688. The average Bonchev–Trinajstić information content (AvgIpc) is 2.85. The van der Waals surface area contributed by atoms with Gasteiger partial charge in [0.15, 0.2) is 0 Å². The first-order valence-corrected chi connectivity index (χ1v) is 12.0. The van der Waals surface area contributed by atoms with Gasteiger partial charge in [0.1, 0.15) is 0 Å². The van der Waals surface area contributed by atoms with Crippen molar-refractivity contribution in [2.24, 2.45) is 5.92 Å². The molecule has 0 radical (unpaired) electrons. The Bertz CT molecular complexity index is 998. The Morgan fingerprint density at radius 1 is 0.970 bits per heavy atom. The molecule has 2 N–H and O–H groups in total. The summed E-state index contributed by atoms with van der Waals surface area (Å²) in [5, 5.41) is 15.1. The van der Waals surface area contributed by atoms with E-state index in [1.807, 2.05) is 18.2 Å². The van der Waals surface area contributed by atoms with E-state index in [1.165, 1.54) is 19.3 Å². The average molecular weight is 445 g/mol. The summed E-state index contributed by atoms with van der Waals surface area (Å²) in [5.41, 5.74) is 2.94. The van der Waals surface area contributed by atoms with E-state index >= 15 is 0 Å². The summed E-state index contributed by atoms with van der Waals surface area (Å²) in [6.45, 7) is 2.62. The Labute approximate surface area is 196 Å². The van der Waals surface area contributed by atoms with Crippen molar-refractivity contribution >= 4 is 17.5 Å². The second kappa shape index (κ2) is 11.1. The van der Waals surface area contributed by atoms with Crippen molar-refractivity contribution in [1.82, 2.24) is 10.2 Å². The van der Waals surface area contributed by atoms with E-state index in [4.69, 9.17) is 5.26 Å². The minimum atomic E-state index is -0.193. The lowest BCUT2D eigenvalue weighted by Gasteiger charge is -2.32. The number of piperidine rings is 1. The molecule has 0 aromatic heterocycles. The molecule has 2 aromatic carbocycles. The third-order valence-corrected chi connectivity index (χ3v) is 6.78. The first-order chi connectivity index (χ1) is 16.1. The summed E-state index contributed by atoms with van der Waals surface area (Å²) < 4.78 is 0. The lowest BCUT2D eigenvalue weighted by Crippen LogP contribution is -2.44. The Hall–Kier alpha value is -3.17. The van der Waals surface area contributed by atoms with Crippen LogP contribution in [-0.2, 0) is 11.3 Å². The van der Waals surface area contributed by atoms with E-state index in [-0.39, 0.29) is 17.7 Å². The van der Waals surface area contributed by atoms with Gasteiger partial charge in [0.2, 0.25) is 5.91 Å². The van der Waals surface area contributed by atoms with E-state index in [1.54, 1.807) is 24.3 Å². The van der Waals surface area contributed by atoms with Crippen LogP contribution in [0, 0.1) is 17.2 Å². The van der Waals surface area contributed by atoms with E-state index in [9.17, 15) is 9.59 Å². The summed E-state index contributed by atoms with van der Waals surface area (Å²) in [5.74, 6) is 0.178. The van der Waals surface area contributed by atoms with Crippen LogP contribution in [0.3, 0.4) is 0 Å². The third kappa shape index (κ3) is 6.43. The van der Waals surface area contributed by atoms with Crippen LogP contribution in [-0.4, -0.2) is 35.8 Å². The number of rotatable bonds is 6. The van der Waals surface area contributed by atoms with E-state index < -0.39 is 0 Å². The molecule has 6 nitrogen and oxygen atoms in total. The van der Waals surface area contributed by atoms with Crippen molar-refractivity contribution in [3.8, 4) is 6.07 Å². The normalized spacial score (nSPS) is 17.8. The zero-order chi connectivity index (χ0) is 23.0. The molecule has 0 unspecified atom stereocenters. The molecule has 2 fully saturated rings.